The predicted octanol–water partition coefficient (Wildman–Crippen LogP) is 2.74. The van der Waals surface area contributed by atoms with Crippen molar-refractivity contribution >= 4 is 38.0 Å². The van der Waals surface area contributed by atoms with E-state index in [4.69, 9.17) is 4.74 Å². The van der Waals surface area contributed by atoms with E-state index in [0.29, 0.717) is 0 Å². The van der Waals surface area contributed by atoms with Crippen molar-refractivity contribution in [1.82, 2.24) is 0 Å². The van der Waals surface area contributed by atoms with Crippen molar-refractivity contribution in [1.29, 1.82) is 0 Å². The molecule has 0 unspecified atom stereocenters. The van der Waals surface area contributed by atoms with Gasteiger partial charge in [-0.25, -0.2) is 4.99 Å². The minimum absolute atomic E-state index is 0.737. The maximum absolute atomic E-state index is 5.40. The second-order valence-corrected chi connectivity index (χ2v) is 4.83. The van der Waals surface area contributed by atoms with Crippen LogP contribution in [0.2, 0.25) is 0 Å². The van der Waals surface area contributed by atoms with Gasteiger partial charge in [0, 0.05) is 9.40 Å². The molecule has 3 heterocycles. The Labute approximate surface area is 83.5 Å². The second kappa shape index (κ2) is 2.82. The molecule has 0 amide bonds. The molecule has 0 saturated carbocycles. The van der Waals surface area contributed by atoms with E-state index in [0.717, 1.165) is 19.0 Å². The number of nitrogens with zero attached hydrogens (tertiary/aromatic N) is 1. The summed E-state index contributed by atoms with van der Waals surface area (Å²) in [6.45, 7) is 1.54. The largest absolute Gasteiger partial charge is 0.475 e. The minimum atomic E-state index is 0.737. The van der Waals surface area contributed by atoms with Crippen LogP contribution in [-0.4, -0.2) is 19.0 Å². The van der Waals surface area contributed by atoms with Crippen molar-refractivity contribution in [3.63, 3.8) is 0 Å². The van der Waals surface area contributed by atoms with Crippen LogP contribution in [0.25, 0.3) is 9.40 Å². The average Bonchev–Trinajstić information content (AvgIpc) is 2.78. The third-order valence-electron chi connectivity index (χ3n) is 1.94. The highest BCUT2D eigenvalue weighted by Crippen LogP contribution is 2.30. The first kappa shape index (κ1) is 7.53. The monoisotopic (exact) mass is 209 g/mol. The highest BCUT2D eigenvalue weighted by atomic mass is 32.1. The van der Waals surface area contributed by atoms with Gasteiger partial charge in [-0.05, 0) is 17.5 Å². The number of rotatable bonds is 1. The summed E-state index contributed by atoms with van der Waals surface area (Å²) in [5, 5.41) is 2.11. The fourth-order valence-electron chi connectivity index (χ4n) is 1.36. The third-order valence-corrected chi connectivity index (χ3v) is 4.02. The Morgan fingerprint density at radius 1 is 1.38 bits per heavy atom. The summed E-state index contributed by atoms with van der Waals surface area (Å²) in [6, 6.07) is 4.30. The standard InChI is InChI=1S/C9H7NOS2/c1-4-12-7-5-8(13-6(1)7)9-10-2-3-11-9/h1,4-5H,2-3H2. The van der Waals surface area contributed by atoms with E-state index < -0.39 is 0 Å². The summed E-state index contributed by atoms with van der Waals surface area (Å²) < 4.78 is 8.07. The third kappa shape index (κ3) is 1.17. The van der Waals surface area contributed by atoms with Gasteiger partial charge in [0.1, 0.15) is 6.61 Å². The maximum Gasteiger partial charge on any atom is 0.226 e. The average molecular weight is 209 g/mol. The molecule has 66 valence electrons. The first-order chi connectivity index (χ1) is 6.43. The molecule has 0 radical (unpaired) electrons. The molecule has 1 aliphatic heterocycles. The number of hydrogen-bond donors (Lipinski definition) is 0. The molecule has 3 rings (SSSR count). The van der Waals surface area contributed by atoms with Crippen LogP contribution in [-0.2, 0) is 4.74 Å². The van der Waals surface area contributed by atoms with Crippen LogP contribution in [0.15, 0.2) is 22.5 Å². The molecule has 2 aromatic rings. The van der Waals surface area contributed by atoms with Crippen LogP contribution >= 0.6 is 22.7 Å². The lowest BCUT2D eigenvalue weighted by Gasteiger charge is -1.94. The van der Waals surface area contributed by atoms with E-state index in [1.165, 1.54) is 14.3 Å². The van der Waals surface area contributed by atoms with E-state index >= 15 is 0 Å². The molecule has 0 spiro atoms. The molecule has 4 heteroatoms. The van der Waals surface area contributed by atoms with Crippen molar-refractivity contribution in [3.8, 4) is 0 Å². The van der Waals surface area contributed by atoms with Crippen LogP contribution < -0.4 is 0 Å². The van der Waals surface area contributed by atoms with Crippen LogP contribution in [0.5, 0.6) is 0 Å². The zero-order chi connectivity index (χ0) is 8.67. The molecule has 0 saturated heterocycles. The quantitative estimate of drug-likeness (QED) is 0.707. The molecule has 0 aromatic carbocycles. The first-order valence-electron chi connectivity index (χ1n) is 4.08. The predicted molar refractivity (Wildman–Crippen MR) is 57.1 cm³/mol. The van der Waals surface area contributed by atoms with Gasteiger partial charge in [-0.3, -0.25) is 0 Å². The van der Waals surface area contributed by atoms with Gasteiger partial charge in [0.2, 0.25) is 5.90 Å². The van der Waals surface area contributed by atoms with E-state index in [-0.39, 0.29) is 0 Å². The molecule has 0 fully saturated rings. The maximum atomic E-state index is 5.40. The number of aliphatic imine (C=N–C) groups is 1. The van der Waals surface area contributed by atoms with Gasteiger partial charge in [-0.1, -0.05) is 0 Å². The van der Waals surface area contributed by atoms with Gasteiger partial charge in [-0.15, -0.1) is 22.7 Å². The molecule has 13 heavy (non-hydrogen) atoms. The summed E-state index contributed by atoms with van der Waals surface area (Å²) in [4.78, 5) is 5.46. The molecular formula is C9H7NOS2. The number of thiophene rings is 2. The summed E-state index contributed by atoms with van der Waals surface area (Å²) in [6.07, 6.45) is 0. The smallest absolute Gasteiger partial charge is 0.226 e. The Kier molecular flexibility index (Phi) is 1.63. The lowest BCUT2D eigenvalue weighted by Crippen LogP contribution is -1.97. The summed E-state index contributed by atoms with van der Waals surface area (Å²) in [7, 11) is 0. The van der Waals surface area contributed by atoms with E-state index in [1.807, 2.05) is 0 Å². The molecule has 0 bridgehead atoms. The van der Waals surface area contributed by atoms with Gasteiger partial charge in [0.15, 0.2) is 0 Å². The molecule has 2 nitrogen and oxygen atoms in total. The summed E-state index contributed by atoms with van der Waals surface area (Å²) in [5.41, 5.74) is 0. The van der Waals surface area contributed by atoms with E-state index in [2.05, 4.69) is 22.5 Å². The van der Waals surface area contributed by atoms with Crippen LogP contribution in [0.3, 0.4) is 0 Å². The molecule has 0 aliphatic carbocycles. The van der Waals surface area contributed by atoms with Crippen molar-refractivity contribution in [3.05, 3.63) is 22.4 Å². The SMILES string of the molecule is c1cc2sc(C3=NCCO3)cc2s1. The number of ether oxygens (including phenoxy) is 1. The minimum Gasteiger partial charge on any atom is -0.475 e. The molecule has 0 N–H and O–H groups in total. The Bertz CT molecular complexity index is 440. The zero-order valence-electron chi connectivity index (χ0n) is 6.82. The highest BCUT2D eigenvalue weighted by Gasteiger charge is 2.13. The van der Waals surface area contributed by atoms with Crippen molar-refractivity contribution in [2.24, 2.45) is 4.99 Å². The van der Waals surface area contributed by atoms with Crippen molar-refractivity contribution in [2.75, 3.05) is 13.2 Å². The van der Waals surface area contributed by atoms with Gasteiger partial charge < -0.3 is 4.74 Å². The van der Waals surface area contributed by atoms with E-state index in [1.54, 1.807) is 22.7 Å². The molecular weight excluding hydrogens is 202 g/mol. The normalized spacial score (nSPS) is 16.2. The lowest BCUT2D eigenvalue weighted by molar-refractivity contribution is 0.349. The van der Waals surface area contributed by atoms with E-state index in [9.17, 15) is 0 Å². The van der Waals surface area contributed by atoms with Crippen molar-refractivity contribution < 1.29 is 4.74 Å². The van der Waals surface area contributed by atoms with Crippen LogP contribution in [0.4, 0.5) is 0 Å². The second-order valence-electron chi connectivity index (χ2n) is 2.80. The first-order valence-corrected chi connectivity index (χ1v) is 5.78. The van der Waals surface area contributed by atoms with Crippen LogP contribution in [0.1, 0.15) is 4.88 Å². The Balaban J connectivity index is 2.12. The van der Waals surface area contributed by atoms with Crippen LogP contribution in [0, 0.1) is 0 Å². The van der Waals surface area contributed by atoms with Crippen molar-refractivity contribution in [2.45, 2.75) is 0 Å². The summed E-state index contributed by atoms with van der Waals surface area (Å²) in [5.74, 6) is 0.827. The van der Waals surface area contributed by atoms with Gasteiger partial charge in [0.25, 0.3) is 0 Å². The topological polar surface area (TPSA) is 21.6 Å². The number of fused-ring (bicyclic) bond motifs is 1. The lowest BCUT2D eigenvalue weighted by atomic mass is 10.4. The fourth-order valence-corrected chi connectivity index (χ4v) is 3.43. The van der Waals surface area contributed by atoms with Gasteiger partial charge in [-0.2, -0.15) is 0 Å². The van der Waals surface area contributed by atoms with Gasteiger partial charge >= 0.3 is 0 Å². The molecule has 2 aromatic heterocycles. The molecule has 1 aliphatic rings. The Morgan fingerprint density at radius 3 is 3.15 bits per heavy atom. The van der Waals surface area contributed by atoms with Gasteiger partial charge in [0.05, 0.1) is 11.4 Å². The highest BCUT2D eigenvalue weighted by molar-refractivity contribution is 7.27. The summed E-state index contributed by atoms with van der Waals surface area (Å²) >= 11 is 3.52. The Morgan fingerprint density at radius 2 is 2.38 bits per heavy atom. The molecule has 0 atom stereocenters. The number of hydrogen-bond acceptors (Lipinski definition) is 4. The zero-order valence-corrected chi connectivity index (χ0v) is 8.45. The fraction of sp³-hybridized carbons (Fsp3) is 0.222. The Hall–Kier alpha value is -0.870.